The maximum atomic E-state index is 12.6. The number of phenolic OH excluding ortho intramolecular Hbond substituents is 1. The van der Waals surface area contributed by atoms with Crippen LogP contribution >= 0.6 is 11.8 Å². The van der Waals surface area contributed by atoms with Gasteiger partial charge in [-0.3, -0.25) is 14.5 Å². The highest BCUT2D eigenvalue weighted by atomic mass is 32.2. The van der Waals surface area contributed by atoms with Gasteiger partial charge in [0.15, 0.2) is 11.5 Å². The Balaban J connectivity index is 1.80. The van der Waals surface area contributed by atoms with Crippen molar-refractivity contribution < 1.29 is 19.4 Å². The SMILES string of the molecule is CCOc1cc(C=C2SC(=O)N(Cc3ccc(C)cc3)C2=O)ccc1O. The Kier molecular flexibility index (Phi) is 5.32. The molecule has 134 valence electrons. The second-order valence-electron chi connectivity index (χ2n) is 5.91. The number of nitrogens with zero attached hydrogens (tertiary/aromatic N) is 1. The van der Waals surface area contributed by atoms with Crippen LogP contribution in [0.5, 0.6) is 11.5 Å². The molecule has 2 aromatic rings. The quantitative estimate of drug-likeness (QED) is 0.795. The smallest absolute Gasteiger partial charge is 0.293 e. The second kappa shape index (κ2) is 7.66. The fourth-order valence-electron chi connectivity index (χ4n) is 2.56. The second-order valence-corrected chi connectivity index (χ2v) is 6.91. The zero-order valence-corrected chi connectivity index (χ0v) is 15.4. The Bertz CT molecular complexity index is 874. The van der Waals surface area contributed by atoms with E-state index in [1.165, 1.54) is 11.0 Å². The predicted molar refractivity (Wildman–Crippen MR) is 102 cm³/mol. The topological polar surface area (TPSA) is 66.8 Å². The third kappa shape index (κ3) is 3.91. The summed E-state index contributed by atoms with van der Waals surface area (Å²) in [6.45, 7) is 4.48. The predicted octanol–water partition coefficient (Wildman–Crippen LogP) is 4.34. The summed E-state index contributed by atoms with van der Waals surface area (Å²) in [5, 5.41) is 9.48. The van der Waals surface area contributed by atoms with Crippen molar-refractivity contribution in [2.75, 3.05) is 6.61 Å². The first-order valence-corrected chi connectivity index (χ1v) is 9.06. The summed E-state index contributed by atoms with van der Waals surface area (Å²) in [4.78, 5) is 26.4. The third-order valence-electron chi connectivity index (χ3n) is 3.92. The van der Waals surface area contributed by atoms with Crippen LogP contribution in [0.2, 0.25) is 0 Å². The molecule has 0 aliphatic carbocycles. The summed E-state index contributed by atoms with van der Waals surface area (Å²) < 4.78 is 5.35. The average Bonchev–Trinajstić information content (AvgIpc) is 2.87. The van der Waals surface area contributed by atoms with Gasteiger partial charge in [0.05, 0.1) is 18.1 Å². The van der Waals surface area contributed by atoms with Gasteiger partial charge >= 0.3 is 0 Å². The zero-order valence-electron chi connectivity index (χ0n) is 14.6. The van der Waals surface area contributed by atoms with E-state index in [-0.39, 0.29) is 23.4 Å². The molecular weight excluding hydrogens is 350 g/mol. The largest absolute Gasteiger partial charge is 0.504 e. The van der Waals surface area contributed by atoms with Crippen LogP contribution < -0.4 is 4.74 Å². The molecule has 1 aliphatic rings. The fourth-order valence-corrected chi connectivity index (χ4v) is 3.39. The van der Waals surface area contributed by atoms with Crippen molar-refractivity contribution in [1.29, 1.82) is 0 Å². The van der Waals surface area contributed by atoms with Gasteiger partial charge in [-0.15, -0.1) is 0 Å². The number of benzene rings is 2. The number of amides is 2. The molecule has 1 aliphatic heterocycles. The van der Waals surface area contributed by atoms with Gasteiger partial charge in [0.2, 0.25) is 0 Å². The van der Waals surface area contributed by atoms with E-state index < -0.39 is 0 Å². The lowest BCUT2D eigenvalue weighted by molar-refractivity contribution is -0.123. The number of aromatic hydroxyl groups is 1. The first kappa shape index (κ1) is 18.1. The first-order valence-electron chi connectivity index (χ1n) is 8.24. The molecule has 5 nitrogen and oxygen atoms in total. The zero-order chi connectivity index (χ0) is 18.7. The van der Waals surface area contributed by atoms with Crippen molar-refractivity contribution in [3.63, 3.8) is 0 Å². The highest BCUT2D eigenvalue weighted by Gasteiger charge is 2.34. The molecule has 1 heterocycles. The van der Waals surface area contributed by atoms with Crippen molar-refractivity contribution in [2.24, 2.45) is 0 Å². The summed E-state index contributed by atoms with van der Waals surface area (Å²) in [5.41, 5.74) is 2.72. The van der Waals surface area contributed by atoms with Gasteiger partial charge in [-0.1, -0.05) is 35.9 Å². The van der Waals surface area contributed by atoms with Gasteiger partial charge in [-0.25, -0.2) is 0 Å². The maximum absolute atomic E-state index is 12.6. The van der Waals surface area contributed by atoms with Crippen molar-refractivity contribution in [3.05, 3.63) is 64.1 Å². The highest BCUT2D eigenvalue weighted by Crippen LogP contribution is 2.35. The van der Waals surface area contributed by atoms with Gasteiger partial charge in [0.1, 0.15) is 0 Å². The molecule has 1 saturated heterocycles. The number of carbonyl (C=O) groups is 2. The van der Waals surface area contributed by atoms with Gasteiger partial charge in [0.25, 0.3) is 11.1 Å². The van der Waals surface area contributed by atoms with E-state index in [9.17, 15) is 14.7 Å². The molecule has 0 bridgehead atoms. The summed E-state index contributed by atoms with van der Waals surface area (Å²) in [5.74, 6) is 0.0724. The Morgan fingerprint density at radius 3 is 2.58 bits per heavy atom. The Labute approximate surface area is 156 Å². The molecule has 26 heavy (non-hydrogen) atoms. The summed E-state index contributed by atoms with van der Waals surface area (Å²) in [6, 6.07) is 12.6. The van der Waals surface area contributed by atoms with Crippen LogP contribution in [0.4, 0.5) is 4.79 Å². The van der Waals surface area contributed by atoms with Crippen LogP contribution in [0, 0.1) is 6.92 Å². The van der Waals surface area contributed by atoms with Gasteiger partial charge in [0, 0.05) is 0 Å². The van der Waals surface area contributed by atoms with Crippen molar-refractivity contribution in [2.45, 2.75) is 20.4 Å². The number of hydrogen-bond acceptors (Lipinski definition) is 5. The lowest BCUT2D eigenvalue weighted by Gasteiger charge is -2.12. The number of aryl methyl sites for hydroxylation is 1. The molecule has 2 amide bonds. The van der Waals surface area contributed by atoms with E-state index in [2.05, 4.69) is 0 Å². The van der Waals surface area contributed by atoms with Gasteiger partial charge in [-0.2, -0.15) is 0 Å². The summed E-state index contributed by atoms with van der Waals surface area (Å²) in [7, 11) is 0. The van der Waals surface area contributed by atoms with E-state index in [0.29, 0.717) is 22.8 Å². The van der Waals surface area contributed by atoms with E-state index in [0.717, 1.165) is 22.9 Å². The molecule has 0 atom stereocenters. The lowest BCUT2D eigenvalue weighted by Crippen LogP contribution is -2.27. The van der Waals surface area contributed by atoms with Crippen LogP contribution in [0.25, 0.3) is 6.08 Å². The molecular formula is C20H19NO4S. The average molecular weight is 369 g/mol. The minimum absolute atomic E-state index is 0.0384. The Morgan fingerprint density at radius 1 is 1.15 bits per heavy atom. The molecule has 1 N–H and O–H groups in total. The van der Waals surface area contributed by atoms with Crippen molar-refractivity contribution in [3.8, 4) is 11.5 Å². The number of carbonyl (C=O) groups excluding carboxylic acids is 2. The van der Waals surface area contributed by atoms with Crippen LogP contribution in [-0.2, 0) is 11.3 Å². The lowest BCUT2D eigenvalue weighted by atomic mass is 10.1. The number of ether oxygens (including phenoxy) is 1. The van der Waals surface area contributed by atoms with Crippen LogP contribution in [0.15, 0.2) is 47.4 Å². The Hall–Kier alpha value is -2.73. The minimum Gasteiger partial charge on any atom is -0.504 e. The number of hydrogen-bond donors (Lipinski definition) is 1. The molecule has 0 spiro atoms. The third-order valence-corrected chi connectivity index (χ3v) is 4.82. The molecule has 0 unspecified atom stereocenters. The molecule has 2 aromatic carbocycles. The first-order chi connectivity index (χ1) is 12.5. The minimum atomic E-state index is -0.313. The van der Waals surface area contributed by atoms with Gasteiger partial charge in [-0.05, 0) is 54.9 Å². The monoisotopic (exact) mass is 369 g/mol. The normalized spacial score (nSPS) is 15.8. The van der Waals surface area contributed by atoms with E-state index in [1.54, 1.807) is 18.2 Å². The van der Waals surface area contributed by atoms with Gasteiger partial charge < -0.3 is 9.84 Å². The van der Waals surface area contributed by atoms with E-state index >= 15 is 0 Å². The number of rotatable bonds is 5. The molecule has 0 saturated carbocycles. The molecule has 1 fully saturated rings. The molecule has 0 radical (unpaired) electrons. The fraction of sp³-hybridized carbons (Fsp3) is 0.200. The van der Waals surface area contributed by atoms with Crippen LogP contribution in [0.1, 0.15) is 23.6 Å². The molecule has 3 rings (SSSR count). The van der Waals surface area contributed by atoms with E-state index in [1.807, 2.05) is 38.1 Å². The number of phenols is 1. The van der Waals surface area contributed by atoms with Crippen molar-refractivity contribution in [1.82, 2.24) is 4.90 Å². The van der Waals surface area contributed by atoms with Crippen LogP contribution in [0.3, 0.4) is 0 Å². The van der Waals surface area contributed by atoms with E-state index in [4.69, 9.17) is 4.74 Å². The van der Waals surface area contributed by atoms with Crippen molar-refractivity contribution >= 4 is 29.0 Å². The summed E-state index contributed by atoms with van der Waals surface area (Å²) in [6.07, 6.45) is 1.64. The summed E-state index contributed by atoms with van der Waals surface area (Å²) >= 11 is 0.918. The standard InChI is InChI=1S/C20H19NO4S/c1-3-25-17-10-15(8-9-16(17)22)11-18-19(23)21(20(24)26-18)12-14-6-4-13(2)5-7-14/h4-11,22H,3,12H2,1-2H3. The Morgan fingerprint density at radius 2 is 1.88 bits per heavy atom. The molecule has 0 aromatic heterocycles. The number of thioether (sulfide) groups is 1. The maximum Gasteiger partial charge on any atom is 0.293 e. The number of imide groups is 1. The highest BCUT2D eigenvalue weighted by molar-refractivity contribution is 8.18. The van der Waals surface area contributed by atoms with Crippen LogP contribution in [-0.4, -0.2) is 27.8 Å². The molecule has 6 heteroatoms.